The number of nitrogens with zero attached hydrogens (tertiary/aromatic N) is 4. The molecule has 0 aliphatic rings. The quantitative estimate of drug-likeness (QED) is 0.304. The Labute approximate surface area is 206 Å². The molecule has 1 N–H and O–H groups in total. The maximum Gasteiger partial charge on any atom is 0.208 e. The van der Waals surface area contributed by atoms with E-state index in [1.807, 2.05) is 48.0 Å². The Balaban J connectivity index is 1.45. The molecule has 2 aromatic carbocycles. The fraction of sp³-hybridized carbons (Fsp3) is 0.321. The number of carbonyl (C=O) groups is 1. The van der Waals surface area contributed by atoms with Gasteiger partial charge in [0.1, 0.15) is 11.5 Å². The third kappa shape index (κ3) is 6.25. The number of Topliss-reactive ketones (excluding diaryl/α,β-unsaturated/α-hetero) is 1. The number of likely N-dealkylation sites (N-methyl/N-ethyl adjacent to an activating group) is 1. The lowest BCUT2D eigenvalue weighted by Crippen LogP contribution is -2.31. The highest BCUT2D eigenvalue weighted by atomic mass is 16.5. The van der Waals surface area contributed by atoms with Crippen LogP contribution in [0.5, 0.6) is 11.5 Å². The highest BCUT2D eigenvalue weighted by molar-refractivity contribution is 5.82. The van der Waals surface area contributed by atoms with Crippen LogP contribution >= 0.6 is 0 Å². The van der Waals surface area contributed by atoms with Gasteiger partial charge in [-0.2, -0.15) is 0 Å². The van der Waals surface area contributed by atoms with Crippen LogP contribution in [0, 0.1) is 6.92 Å². The molecule has 0 fully saturated rings. The SMILES string of the molecule is CCCN(CC)CC(=O)Cc1cc(Oc2ccc3c(c2)nc(Nc2ccc(C)cc2)n3C)ccn1. The summed E-state index contributed by atoms with van der Waals surface area (Å²) in [5, 5.41) is 3.38. The molecular weight excluding hydrogens is 438 g/mol. The average molecular weight is 472 g/mol. The lowest BCUT2D eigenvalue weighted by Gasteiger charge is -2.18. The Morgan fingerprint density at radius 2 is 1.83 bits per heavy atom. The van der Waals surface area contributed by atoms with Crippen LogP contribution in [-0.4, -0.2) is 44.9 Å². The maximum atomic E-state index is 12.5. The van der Waals surface area contributed by atoms with Gasteiger partial charge in [0, 0.05) is 31.1 Å². The molecule has 4 rings (SSSR count). The summed E-state index contributed by atoms with van der Waals surface area (Å²) in [6.07, 6.45) is 3.02. The second-order valence-corrected chi connectivity index (χ2v) is 8.81. The normalized spacial score (nSPS) is 11.2. The summed E-state index contributed by atoms with van der Waals surface area (Å²) in [4.78, 5) is 23.8. The standard InChI is InChI=1S/C28H33N5O2/c1-5-15-33(6-2)19-23(34)16-22-17-25(13-14-29-22)35-24-11-12-27-26(18-24)31-28(32(27)4)30-21-9-7-20(3)8-10-21/h7-14,17-18H,5-6,15-16,19H2,1-4H3,(H,30,31). The predicted molar refractivity (Wildman–Crippen MR) is 141 cm³/mol. The number of hydrogen-bond acceptors (Lipinski definition) is 6. The zero-order chi connectivity index (χ0) is 24.8. The number of benzene rings is 2. The second kappa shape index (κ2) is 11.1. The van der Waals surface area contributed by atoms with Gasteiger partial charge in [-0.15, -0.1) is 0 Å². The Morgan fingerprint density at radius 3 is 2.57 bits per heavy atom. The third-order valence-corrected chi connectivity index (χ3v) is 5.95. The van der Waals surface area contributed by atoms with Crippen LogP contribution in [-0.2, 0) is 18.3 Å². The summed E-state index contributed by atoms with van der Waals surface area (Å²) in [5.41, 5.74) is 4.75. The van der Waals surface area contributed by atoms with Crippen LogP contribution in [0.25, 0.3) is 11.0 Å². The van der Waals surface area contributed by atoms with Crippen molar-refractivity contribution < 1.29 is 9.53 Å². The zero-order valence-corrected chi connectivity index (χ0v) is 20.9. The molecule has 0 amide bonds. The van der Waals surface area contributed by atoms with E-state index in [0.29, 0.717) is 30.2 Å². The monoisotopic (exact) mass is 471 g/mol. The van der Waals surface area contributed by atoms with Crippen LogP contribution in [0.15, 0.2) is 60.8 Å². The van der Waals surface area contributed by atoms with E-state index in [1.54, 1.807) is 12.3 Å². The number of ether oxygens (including phenoxy) is 1. The van der Waals surface area contributed by atoms with Crippen molar-refractivity contribution in [2.24, 2.45) is 7.05 Å². The zero-order valence-electron chi connectivity index (χ0n) is 20.9. The first-order valence-corrected chi connectivity index (χ1v) is 12.1. The molecule has 2 heterocycles. The van der Waals surface area contributed by atoms with Crippen molar-refractivity contribution in [1.29, 1.82) is 0 Å². The van der Waals surface area contributed by atoms with E-state index in [0.717, 1.165) is 42.2 Å². The number of imidazole rings is 1. The number of ketones is 1. The molecule has 7 heteroatoms. The fourth-order valence-electron chi connectivity index (χ4n) is 4.05. The lowest BCUT2D eigenvalue weighted by atomic mass is 10.2. The van der Waals surface area contributed by atoms with Crippen molar-refractivity contribution in [3.05, 3.63) is 72.1 Å². The lowest BCUT2D eigenvalue weighted by molar-refractivity contribution is -0.119. The van der Waals surface area contributed by atoms with Gasteiger partial charge in [0.25, 0.3) is 0 Å². The number of hydrogen-bond donors (Lipinski definition) is 1. The summed E-state index contributed by atoms with van der Waals surface area (Å²) in [7, 11) is 1.98. The maximum absolute atomic E-state index is 12.5. The number of nitrogens with one attached hydrogen (secondary N) is 1. The van der Waals surface area contributed by atoms with Crippen molar-refractivity contribution in [3.8, 4) is 11.5 Å². The third-order valence-electron chi connectivity index (χ3n) is 5.95. The molecule has 0 atom stereocenters. The minimum Gasteiger partial charge on any atom is -0.457 e. The number of carbonyl (C=O) groups excluding carboxylic acids is 1. The fourth-order valence-corrected chi connectivity index (χ4v) is 4.05. The van der Waals surface area contributed by atoms with Crippen LogP contribution in [0.3, 0.4) is 0 Å². The molecule has 0 aliphatic heterocycles. The van der Waals surface area contributed by atoms with Gasteiger partial charge < -0.3 is 14.6 Å². The molecular formula is C28H33N5O2. The van der Waals surface area contributed by atoms with Gasteiger partial charge in [0.05, 0.1) is 29.7 Å². The van der Waals surface area contributed by atoms with E-state index in [4.69, 9.17) is 9.72 Å². The van der Waals surface area contributed by atoms with Gasteiger partial charge in [-0.1, -0.05) is 31.5 Å². The Hall–Kier alpha value is -3.71. The summed E-state index contributed by atoms with van der Waals surface area (Å²) in [6.45, 7) is 8.52. The van der Waals surface area contributed by atoms with E-state index in [-0.39, 0.29) is 5.78 Å². The molecule has 0 spiro atoms. The minimum absolute atomic E-state index is 0.161. The molecule has 35 heavy (non-hydrogen) atoms. The van der Waals surface area contributed by atoms with Crippen molar-refractivity contribution in [2.45, 2.75) is 33.6 Å². The second-order valence-electron chi connectivity index (χ2n) is 8.81. The average Bonchev–Trinajstić information content (AvgIpc) is 3.14. The topological polar surface area (TPSA) is 72.3 Å². The van der Waals surface area contributed by atoms with E-state index < -0.39 is 0 Å². The van der Waals surface area contributed by atoms with Crippen molar-refractivity contribution in [1.82, 2.24) is 19.4 Å². The number of pyridine rings is 1. The first-order valence-electron chi connectivity index (χ1n) is 12.1. The van der Waals surface area contributed by atoms with Gasteiger partial charge >= 0.3 is 0 Å². The van der Waals surface area contributed by atoms with E-state index in [2.05, 4.69) is 48.1 Å². The number of rotatable bonds is 11. The molecule has 0 bridgehead atoms. The van der Waals surface area contributed by atoms with Gasteiger partial charge in [0.15, 0.2) is 5.78 Å². The van der Waals surface area contributed by atoms with Gasteiger partial charge in [-0.05, 0) is 56.8 Å². The first kappa shape index (κ1) is 24.4. The number of aromatic nitrogens is 3. The van der Waals surface area contributed by atoms with Crippen molar-refractivity contribution in [2.75, 3.05) is 25.0 Å². The largest absolute Gasteiger partial charge is 0.457 e. The van der Waals surface area contributed by atoms with Crippen molar-refractivity contribution in [3.63, 3.8) is 0 Å². The highest BCUT2D eigenvalue weighted by Crippen LogP contribution is 2.28. The minimum atomic E-state index is 0.161. The van der Waals surface area contributed by atoms with E-state index in [9.17, 15) is 4.79 Å². The highest BCUT2D eigenvalue weighted by Gasteiger charge is 2.12. The molecule has 182 valence electrons. The molecule has 2 aromatic heterocycles. The molecule has 0 saturated heterocycles. The molecule has 4 aromatic rings. The Morgan fingerprint density at radius 1 is 1.06 bits per heavy atom. The summed E-state index contributed by atoms with van der Waals surface area (Å²) >= 11 is 0. The van der Waals surface area contributed by atoms with E-state index in [1.165, 1.54) is 5.56 Å². The van der Waals surface area contributed by atoms with Gasteiger partial charge in [-0.3, -0.25) is 14.7 Å². The van der Waals surface area contributed by atoms with Gasteiger partial charge in [-0.25, -0.2) is 4.98 Å². The molecule has 0 aliphatic carbocycles. The first-order chi connectivity index (χ1) is 16.9. The number of aryl methyl sites for hydroxylation is 2. The van der Waals surface area contributed by atoms with Crippen LogP contribution in [0.2, 0.25) is 0 Å². The molecule has 7 nitrogen and oxygen atoms in total. The summed E-state index contributed by atoms with van der Waals surface area (Å²) < 4.78 is 8.12. The van der Waals surface area contributed by atoms with Crippen LogP contribution < -0.4 is 10.1 Å². The van der Waals surface area contributed by atoms with Crippen molar-refractivity contribution >= 4 is 28.5 Å². The summed E-state index contributed by atoms with van der Waals surface area (Å²) in [5.74, 6) is 2.25. The molecule has 0 unspecified atom stereocenters. The Bertz CT molecular complexity index is 1300. The van der Waals surface area contributed by atoms with Gasteiger partial charge in [0.2, 0.25) is 5.95 Å². The number of fused-ring (bicyclic) bond motifs is 1. The van der Waals surface area contributed by atoms with Crippen LogP contribution in [0.1, 0.15) is 31.5 Å². The predicted octanol–water partition coefficient (Wildman–Crippen LogP) is 5.66. The smallest absolute Gasteiger partial charge is 0.208 e. The summed E-state index contributed by atoms with van der Waals surface area (Å²) in [6, 6.07) is 17.7. The Kier molecular flexibility index (Phi) is 7.77. The van der Waals surface area contributed by atoms with E-state index >= 15 is 0 Å². The molecule has 0 radical (unpaired) electrons. The molecule has 0 saturated carbocycles. The van der Waals surface area contributed by atoms with Crippen LogP contribution in [0.4, 0.5) is 11.6 Å². The number of anilines is 2.